The summed E-state index contributed by atoms with van der Waals surface area (Å²) in [6.07, 6.45) is 0. The van der Waals surface area contributed by atoms with Crippen molar-refractivity contribution in [3.8, 4) is 9.75 Å². The molecule has 0 bridgehead atoms. The molecule has 0 N–H and O–H groups in total. The number of halogens is 2. The molecule has 6 heteroatoms. The van der Waals surface area contributed by atoms with E-state index in [1.165, 1.54) is 32.3 Å². The molecule has 0 radical (unpaired) electrons. The molecule has 0 spiro atoms. The summed E-state index contributed by atoms with van der Waals surface area (Å²) in [5.41, 5.74) is 0. The summed E-state index contributed by atoms with van der Waals surface area (Å²) < 4.78 is 30.8. The molecular formula is C14H20F2S2Sn2. The van der Waals surface area contributed by atoms with Crippen LogP contribution in [0, 0.1) is 10.9 Å². The van der Waals surface area contributed by atoms with Crippen molar-refractivity contribution in [3.05, 3.63) is 22.4 Å². The molecule has 110 valence electrons. The van der Waals surface area contributed by atoms with Gasteiger partial charge in [0.1, 0.15) is 0 Å². The van der Waals surface area contributed by atoms with E-state index in [1.54, 1.807) is 5.38 Å². The van der Waals surface area contributed by atoms with Crippen LogP contribution in [0.2, 0.25) is 29.6 Å². The third kappa shape index (κ3) is 3.27. The van der Waals surface area contributed by atoms with Crippen molar-refractivity contribution in [2.24, 2.45) is 0 Å². The molecule has 0 aliphatic heterocycles. The molecule has 0 nitrogen and oxygen atoms in total. The van der Waals surface area contributed by atoms with Crippen molar-refractivity contribution in [3.63, 3.8) is 0 Å². The Labute approximate surface area is 136 Å². The van der Waals surface area contributed by atoms with Crippen molar-refractivity contribution in [2.45, 2.75) is 29.6 Å². The molecule has 20 heavy (non-hydrogen) atoms. The van der Waals surface area contributed by atoms with E-state index in [4.69, 9.17) is 0 Å². The van der Waals surface area contributed by atoms with Gasteiger partial charge in [0.25, 0.3) is 0 Å². The zero-order valence-electron chi connectivity index (χ0n) is 12.7. The minimum absolute atomic E-state index is 0.0438. The van der Waals surface area contributed by atoms with Gasteiger partial charge in [-0.3, -0.25) is 0 Å². The first-order chi connectivity index (χ1) is 9.03. The fraction of sp³-hybridized carbons (Fsp3) is 0.429. The van der Waals surface area contributed by atoms with Gasteiger partial charge in [0, 0.05) is 0 Å². The molecule has 0 saturated heterocycles. The monoisotopic (exact) mass is 530 g/mol. The topological polar surface area (TPSA) is 0 Å². The summed E-state index contributed by atoms with van der Waals surface area (Å²) in [5, 5.41) is 1.71. The van der Waals surface area contributed by atoms with Crippen LogP contribution in [0.15, 0.2) is 11.4 Å². The zero-order chi connectivity index (χ0) is 15.3. The standard InChI is InChI=1S/C8H2F2S2.6CH3.2Sn/c9-5-3-4-11-8(5)6-1-2-7(10)12-6;;;;;;;;/h3-4H;6*1H3;;. The molecule has 0 unspecified atom stereocenters. The van der Waals surface area contributed by atoms with Gasteiger partial charge in [-0.2, -0.15) is 0 Å². The molecule has 0 atom stereocenters. The average Bonchev–Trinajstić information content (AvgIpc) is 2.79. The van der Waals surface area contributed by atoms with Crippen molar-refractivity contribution in [2.75, 3.05) is 0 Å². The molecule has 0 aromatic carbocycles. The van der Waals surface area contributed by atoms with E-state index in [2.05, 4.69) is 29.6 Å². The van der Waals surface area contributed by atoms with Gasteiger partial charge in [0.2, 0.25) is 0 Å². The van der Waals surface area contributed by atoms with Gasteiger partial charge < -0.3 is 0 Å². The second-order valence-electron chi connectivity index (χ2n) is 7.05. The summed E-state index contributed by atoms with van der Waals surface area (Å²) in [5.74, 6) is -0.205. The molecule has 2 heterocycles. The normalized spacial score (nSPS) is 13.0. The van der Waals surface area contributed by atoms with Crippen molar-refractivity contribution >= 4 is 66.6 Å². The molecule has 0 aliphatic carbocycles. The summed E-state index contributed by atoms with van der Waals surface area (Å²) in [4.78, 5) is 15.2. The Kier molecular flexibility index (Phi) is 5.00. The van der Waals surface area contributed by atoms with Crippen LogP contribution in [0.1, 0.15) is 0 Å². The third-order valence-corrected chi connectivity index (χ3v) is 19.6. The summed E-state index contributed by atoms with van der Waals surface area (Å²) >= 11 is -2.51. The van der Waals surface area contributed by atoms with Gasteiger partial charge in [-0.1, -0.05) is 0 Å². The Balaban J connectivity index is 2.81. The first kappa shape index (κ1) is 17.2. The van der Waals surface area contributed by atoms with E-state index in [1.807, 2.05) is 0 Å². The van der Waals surface area contributed by atoms with E-state index in [-0.39, 0.29) is 10.9 Å². The van der Waals surface area contributed by atoms with E-state index in [0.717, 1.165) is 8.46 Å². The second kappa shape index (κ2) is 5.81. The van der Waals surface area contributed by atoms with Crippen LogP contribution < -0.4 is 7.16 Å². The maximum atomic E-state index is 14.6. The van der Waals surface area contributed by atoms with Gasteiger partial charge in [-0.05, 0) is 0 Å². The number of rotatable bonds is 3. The van der Waals surface area contributed by atoms with Crippen LogP contribution in [0.4, 0.5) is 8.78 Å². The Bertz CT molecular complexity index is 631. The molecule has 0 saturated carbocycles. The Morgan fingerprint density at radius 2 is 1.40 bits per heavy atom. The van der Waals surface area contributed by atoms with Crippen LogP contribution >= 0.6 is 22.7 Å². The van der Waals surface area contributed by atoms with E-state index < -0.39 is 36.8 Å². The third-order valence-electron chi connectivity index (χ3n) is 3.19. The molecule has 0 amide bonds. The van der Waals surface area contributed by atoms with Gasteiger partial charge in [0.15, 0.2) is 0 Å². The average molecular weight is 528 g/mol. The van der Waals surface area contributed by atoms with E-state index in [0.29, 0.717) is 4.88 Å². The Hall–Kier alpha value is 0.857. The second-order valence-corrected chi connectivity index (χ2v) is 37.5. The Morgan fingerprint density at radius 1 is 0.850 bits per heavy atom. The molecular weight excluding hydrogens is 508 g/mol. The summed E-state index contributed by atoms with van der Waals surface area (Å²) in [6.45, 7) is 0. The van der Waals surface area contributed by atoms with Gasteiger partial charge in [-0.15, -0.1) is 0 Å². The van der Waals surface area contributed by atoms with E-state index in [9.17, 15) is 8.78 Å². The van der Waals surface area contributed by atoms with E-state index >= 15 is 0 Å². The predicted octanol–water partition coefficient (Wildman–Crippen LogP) is 4.85. The Morgan fingerprint density at radius 3 is 1.80 bits per heavy atom. The fourth-order valence-electron chi connectivity index (χ4n) is 2.40. The quantitative estimate of drug-likeness (QED) is 0.501. The van der Waals surface area contributed by atoms with Crippen LogP contribution in [-0.2, 0) is 0 Å². The molecule has 2 aromatic heterocycles. The minimum atomic E-state index is -2.55. The molecule has 2 rings (SSSR count). The predicted molar refractivity (Wildman–Crippen MR) is 93.5 cm³/mol. The number of hydrogen-bond donors (Lipinski definition) is 0. The number of hydrogen-bond acceptors (Lipinski definition) is 2. The molecule has 0 fully saturated rings. The maximum absolute atomic E-state index is 14.6. The van der Waals surface area contributed by atoms with Crippen molar-refractivity contribution in [1.29, 1.82) is 0 Å². The van der Waals surface area contributed by atoms with Crippen molar-refractivity contribution in [1.82, 2.24) is 0 Å². The number of thiophene rings is 2. The first-order valence-electron chi connectivity index (χ1n) is 6.60. The van der Waals surface area contributed by atoms with Crippen LogP contribution in [0.25, 0.3) is 9.75 Å². The fourth-order valence-corrected chi connectivity index (χ4v) is 33.2. The van der Waals surface area contributed by atoms with Gasteiger partial charge >= 0.3 is 137 Å². The summed E-state index contributed by atoms with van der Waals surface area (Å²) in [6, 6.07) is 1.49. The SMILES string of the molecule is [CH3][Sn]([CH3])([CH3])[c]1c(F)sc(-c2sccc2F)[c]1[Sn]([CH3])([CH3])[CH3]. The van der Waals surface area contributed by atoms with Crippen LogP contribution in [-0.4, -0.2) is 36.8 Å². The van der Waals surface area contributed by atoms with Crippen molar-refractivity contribution < 1.29 is 8.78 Å². The van der Waals surface area contributed by atoms with Crippen LogP contribution in [0.5, 0.6) is 0 Å². The molecule has 0 aliphatic rings. The first-order valence-corrected chi connectivity index (χ1v) is 28.3. The van der Waals surface area contributed by atoms with Gasteiger partial charge in [-0.25, -0.2) is 0 Å². The molecule has 2 aromatic rings. The van der Waals surface area contributed by atoms with Crippen LogP contribution in [0.3, 0.4) is 0 Å². The summed E-state index contributed by atoms with van der Waals surface area (Å²) in [7, 11) is 0. The van der Waals surface area contributed by atoms with Gasteiger partial charge in [0.05, 0.1) is 0 Å². The zero-order valence-corrected chi connectivity index (χ0v) is 20.1.